The van der Waals surface area contributed by atoms with Crippen LogP contribution in [0.25, 0.3) is 11.3 Å². The fraction of sp³-hybridized carbons (Fsp3) is 0.550. The van der Waals surface area contributed by atoms with Crippen LogP contribution in [0.2, 0.25) is 0 Å². The highest BCUT2D eigenvalue weighted by atomic mass is 16.6. The van der Waals surface area contributed by atoms with Crippen LogP contribution in [0, 0.1) is 27.9 Å². The van der Waals surface area contributed by atoms with Crippen molar-refractivity contribution >= 4 is 11.6 Å². The standard InChI is InChI=1S/C20H23N5O3/c26-19(21-20-8-13-5-14(9-20)7-15(6-13)10-20)12-24-11-18(22-23-24)16-1-3-17(4-2-16)25(27)28/h1-4,11,13-15H,5-10,12H2,(H,21,26). The lowest BCUT2D eigenvalue weighted by molar-refractivity contribution is -0.384. The normalized spacial score (nSPS) is 30.4. The molecule has 1 N–H and O–H groups in total. The number of non-ortho nitro benzene ring substituents is 1. The highest BCUT2D eigenvalue weighted by Gasteiger charge is 2.51. The highest BCUT2D eigenvalue weighted by molar-refractivity contribution is 5.76. The van der Waals surface area contributed by atoms with Crippen LogP contribution in [0.3, 0.4) is 0 Å². The third-order valence-electron chi connectivity index (χ3n) is 6.66. The Morgan fingerprint density at radius 1 is 1.14 bits per heavy atom. The van der Waals surface area contributed by atoms with E-state index in [4.69, 9.17) is 0 Å². The van der Waals surface area contributed by atoms with Crippen LogP contribution in [0.1, 0.15) is 38.5 Å². The Bertz CT molecular complexity index is 885. The topological polar surface area (TPSA) is 103 Å². The van der Waals surface area contributed by atoms with Crippen LogP contribution in [0.4, 0.5) is 5.69 Å². The molecule has 0 radical (unpaired) electrons. The van der Waals surface area contributed by atoms with Gasteiger partial charge in [-0.1, -0.05) is 5.21 Å². The molecule has 0 saturated heterocycles. The molecule has 4 aliphatic rings. The summed E-state index contributed by atoms with van der Waals surface area (Å²) in [6.07, 6.45) is 9.10. The number of carbonyl (C=O) groups excluding carboxylic acids is 1. The summed E-state index contributed by atoms with van der Waals surface area (Å²) in [6.45, 7) is 0.141. The minimum atomic E-state index is -0.435. The van der Waals surface area contributed by atoms with E-state index in [0.717, 1.165) is 42.6 Å². The molecule has 8 nitrogen and oxygen atoms in total. The maximum atomic E-state index is 12.7. The third-order valence-corrected chi connectivity index (χ3v) is 6.66. The second-order valence-corrected chi connectivity index (χ2v) is 8.85. The van der Waals surface area contributed by atoms with Gasteiger partial charge in [0.05, 0.1) is 11.1 Å². The molecule has 28 heavy (non-hydrogen) atoms. The van der Waals surface area contributed by atoms with E-state index in [9.17, 15) is 14.9 Å². The molecule has 146 valence electrons. The molecule has 2 aromatic rings. The number of nitro groups is 1. The predicted octanol–water partition coefficient (Wildman–Crippen LogP) is 2.94. The van der Waals surface area contributed by atoms with Gasteiger partial charge in [-0.15, -0.1) is 5.10 Å². The molecule has 6 rings (SSSR count). The minimum Gasteiger partial charge on any atom is -0.349 e. The van der Waals surface area contributed by atoms with Gasteiger partial charge in [0.2, 0.25) is 5.91 Å². The zero-order valence-electron chi connectivity index (χ0n) is 15.6. The maximum absolute atomic E-state index is 12.7. The summed E-state index contributed by atoms with van der Waals surface area (Å²) in [5.74, 6) is 2.34. The molecule has 0 spiro atoms. The van der Waals surface area contributed by atoms with E-state index >= 15 is 0 Å². The van der Waals surface area contributed by atoms with E-state index in [1.54, 1.807) is 18.3 Å². The smallest absolute Gasteiger partial charge is 0.269 e. The number of nitrogens with zero attached hydrogens (tertiary/aromatic N) is 4. The molecule has 0 atom stereocenters. The third kappa shape index (κ3) is 3.16. The number of carbonyl (C=O) groups is 1. The van der Waals surface area contributed by atoms with Crippen molar-refractivity contribution in [1.82, 2.24) is 20.3 Å². The van der Waals surface area contributed by atoms with Crippen LogP contribution in [0.5, 0.6) is 0 Å². The molecule has 4 fully saturated rings. The number of hydrogen-bond acceptors (Lipinski definition) is 5. The Hall–Kier alpha value is -2.77. The quantitative estimate of drug-likeness (QED) is 0.633. The van der Waals surface area contributed by atoms with Crippen LogP contribution in [0.15, 0.2) is 30.5 Å². The average Bonchev–Trinajstić information content (AvgIpc) is 3.08. The van der Waals surface area contributed by atoms with Crippen LogP contribution in [-0.4, -0.2) is 31.4 Å². The van der Waals surface area contributed by atoms with Crippen molar-refractivity contribution in [3.8, 4) is 11.3 Å². The lowest BCUT2D eigenvalue weighted by atomic mass is 9.53. The first-order chi connectivity index (χ1) is 13.5. The van der Waals surface area contributed by atoms with Crippen LogP contribution in [-0.2, 0) is 11.3 Å². The van der Waals surface area contributed by atoms with Crippen molar-refractivity contribution in [3.63, 3.8) is 0 Å². The first-order valence-electron chi connectivity index (χ1n) is 9.94. The Labute approximate surface area is 162 Å². The molecule has 4 bridgehead atoms. The predicted molar refractivity (Wildman–Crippen MR) is 101 cm³/mol. The monoisotopic (exact) mass is 381 g/mol. The summed E-state index contributed by atoms with van der Waals surface area (Å²) in [6, 6.07) is 6.16. The maximum Gasteiger partial charge on any atom is 0.269 e. The summed E-state index contributed by atoms with van der Waals surface area (Å²) in [7, 11) is 0. The Kier molecular flexibility index (Phi) is 3.96. The van der Waals surface area contributed by atoms with Gasteiger partial charge in [0.25, 0.3) is 5.69 Å². The molecule has 0 unspecified atom stereocenters. The van der Waals surface area contributed by atoms with Crippen molar-refractivity contribution in [1.29, 1.82) is 0 Å². The van der Waals surface area contributed by atoms with Gasteiger partial charge in [-0.25, -0.2) is 4.68 Å². The number of hydrogen-bond donors (Lipinski definition) is 1. The van der Waals surface area contributed by atoms with E-state index in [2.05, 4.69) is 15.6 Å². The number of amides is 1. The van der Waals surface area contributed by atoms with Gasteiger partial charge in [-0.2, -0.15) is 0 Å². The molecule has 4 saturated carbocycles. The number of benzene rings is 1. The van der Waals surface area contributed by atoms with Gasteiger partial charge in [0, 0.05) is 23.2 Å². The Morgan fingerprint density at radius 2 is 1.75 bits per heavy atom. The lowest BCUT2D eigenvalue weighted by Crippen LogP contribution is -2.60. The molecule has 0 aliphatic heterocycles. The van der Waals surface area contributed by atoms with E-state index < -0.39 is 4.92 Å². The first kappa shape index (κ1) is 17.3. The summed E-state index contributed by atoms with van der Waals surface area (Å²) < 4.78 is 1.53. The van der Waals surface area contributed by atoms with Gasteiger partial charge in [0.15, 0.2) is 0 Å². The average molecular weight is 381 g/mol. The van der Waals surface area contributed by atoms with E-state index in [1.165, 1.54) is 36.1 Å². The number of nitrogens with one attached hydrogen (secondary N) is 1. The second-order valence-electron chi connectivity index (χ2n) is 8.85. The van der Waals surface area contributed by atoms with Crippen molar-refractivity contribution < 1.29 is 9.72 Å². The molecule has 8 heteroatoms. The van der Waals surface area contributed by atoms with Crippen molar-refractivity contribution in [2.75, 3.05) is 0 Å². The van der Waals surface area contributed by atoms with Gasteiger partial charge in [-0.3, -0.25) is 14.9 Å². The van der Waals surface area contributed by atoms with Crippen molar-refractivity contribution in [2.45, 2.75) is 50.6 Å². The number of aromatic nitrogens is 3. The largest absolute Gasteiger partial charge is 0.349 e. The summed E-state index contributed by atoms with van der Waals surface area (Å²) in [5.41, 5.74) is 1.36. The Balaban J connectivity index is 1.24. The van der Waals surface area contributed by atoms with E-state index in [-0.39, 0.29) is 23.7 Å². The number of rotatable bonds is 5. The summed E-state index contributed by atoms with van der Waals surface area (Å²) in [5, 5.41) is 22.3. The number of nitro benzene ring substituents is 1. The van der Waals surface area contributed by atoms with Gasteiger partial charge in [-0.05, 0) is 68.4 Å². The zero-order valence-corrected chi connectivity index (χ0v) is 15.6. The SMILES string of the molecule is O=C(Cn1cc(-c2ccc([N+](=O)[O-])cc2)nn1)NC12CC3CC(CC(C3)C1)C2. The van der Waals surface area contributed by atoms with Crippen molar-refractivity contribution in [2.24, 2.45) is 17.8 Å². The summed E-state index contributed by atoms with van der Waals surface area (Å²) >= 11 is 0. The minimum absolute atomic E-state index is 0.00634. The molecular weight excluding hydrogens is 358 g/mol. The molecular formula is C20H23N5O3. The van der Waals surface area contributed by atoms with E-state index in [0.29, 0.717) is 5.69 Å². The molecule has 1 amide bonds. The first-order valence-corrected chi connectivity index (χ1v) is 9.94. The van der Waals surface area contributed by atoms with Gasteiger partial charge in [0.1, 0.15) is 12.2 Å². The van der Waals surface area contributed by atoms with Crippen LogP contribution >= 0.6 is 0 Å². The second kappa shape index (κ2) is 6.39. The van der Waals surface area contributed by atoms with Gasteiger partial charge >= 0.3 is 0 Å². The molecule has 4 aliphatic carbocycles. The van der Waals surface area contributed by atoms with E-state index in [1.807, 2.05) is 0 Å². The van der Waals surface area contributed by atoms with Gasteiger partial charge < -0.3 is 5.32 Å². The molecule has 1 aromatic carbocycles. The summed E-state index contributed by atoms with van der Waals surface area (Å²) in [4.78, 5) is 23.0. The molecule has 1 aromatic heterocycles. The van der Waals surface area contributed by atoms with Crippen molar-refractivity contribution in [3.05, 3.63) is 40.6 Å². The fourth-order valence-electron chi connectivity index (χ4n) is 6.01. The fourth-order valence-corrected chi connectivity index (χ4v) is 6.01. The highest BCUT2D eigenvalue weighted by Crippen LogP contribution is 2.55. The lowest BCUT2D eigenvalue weighted by Gasteiger charge is -2.56. The Morgan fingerprint density at radius 3 is 2.32 bits per heavy atom. The van der Waals surface area contributed by atoms with Crippen LogP contribution < -0.4 is 5.32 Å². The zero-order chi connectivity index (χ0) is 19.3. The molecule has 1 heterocycles.